The molecule has 147 valence electrons. The van der Waals surface area contributed by atoms with Crippen LogP contribution in [-0.4, -0.2) is 47.2 Å². The van der Waals surface area contributed by atoms with Gasteiger partial charge >= 0.3 is 0 Å². The number of aldehydes is 1. The van der Waals surface area contributed by atoms with Crippen LogP contribution in [0.2, 0.25) is 0 Å². The Morgan fingerprint density at radius 3 is 2.15 bits per heavy atom. The van der Waals surface area contributed by atoms with Crippen LogP contribution in [0.15, 0.2) is 24.3 Å². The van der Waals surface area contributed by atoms with E-state index in [1.54, 1.807) is 26.0 Å². The summed E-state index contributed by atoms with van der Waals surface area (Å²) in [5.41, 5.74) is 0.728. The number of amides is 3. The summed E-state index contributed by atoms with van der Waals surface area (Å²) in [6, 6.07) is 3.54. The highest BCUT2D eigenvalue weighted by Gasteiger charge is 2.29. The van der Waals surface area contributed by atoms with E-state index < -0.39 is 35.8 Å². The maximum atomic E-state index is 12.7. The van der Waals surface area contributed by atoms with Gasteiger partial charge < -0.3 is 25.9 Å². The number of carbonyl (C=O) groups is 4. The summed E-state index contributed by atoms with van der Waals surface area (Å²) in [6.45, 7) is 8.25. The minimum atomic E-state index is -0.918. The molecule has 1 aromatic carbocycles. The molecule has 1 rings (SSSR count). The zero-order chi connectivity index (χ0) is 20.6. The van der Waals surface area contributed by atoms with Crippen molar-refractivity contribution >= 4 is 24.0 Å². The Hall–Kier alpha value is -2.90. The van der Waals surface area contributed by atoms with Crippen molar-refractivity contribution in [2.24, 2.45) is 5.92 Å². The van der Waals surface area contributed by atoms with Gasteiger partial charge in [-0.15, -0.1) is 0 Å². The van der Waals surface area contributed by atoms with Gasteiger partial charge in [-0.05, 0) is 30.5 Å². The fraction of sp³-hybridized carbons (Fsp3) is 0.421. The van der Waals surface area contributed by atoms with Gasteiger partial charge in [0.1, 0.15) is 24.1 Å². The molecule has 0 bridgehead atoms. The Labute approximate surface area is 158 Å². The summed E-state index contributed by atoms with van der Waals surface area (Å²) in [6.07, 6.45) is 0.673. The fourth-order valence-corrected chi connectivity index (χ4v) is 2.42. The van der Waals surface area contributed by atoms with Crippen molar-refractivity contribution in [1.82, 2.24) is 16.0 Å². The lowest BCUT2D eigenvalue weighted by atomic mass is 10.0. The number of rotatable bonds is 9. The van der Waals surface area contributed by atoms with Crippen LogP contribution in [0.25, 0.3) is 0 Å². The van der Waals surface area contributed by atoms with Crippen molar-refractivity contribution in [2.75, 3.05) is 0 Å². The second-order valence-electron chi connectivity index (χ2n) is 6.61. The molecule has 0 aliphatic rings. The molecule has 0 aromatic heterocycles. The van der Waals surface area contributed by atoms with Crippen molar-refractivity contribution < 1.29 is 24.3 Å². The van der Waals surface area contributed by atoms with E-state index in [4.69, 9.17) is 0 Å². The van der Waals surface area contributed by atoms with Gasteiger partial charge in [-0.2, -0.15) is 0 Å². The van der Waals surface area contributed by atoms with Crippen LogP contribution in [0, 0.1) is 12.8 Å². The number of benzene rings is 1. The zero-order valence-electron chi connectivity index (χ0n) is 15.7. The van der Waals surface area contributed by atoms with E-state index in [1.165, 1.54) is 19.1 Å². The van der Waals surface area contributed by atoms with E-state index in [2.05, 4.69) is 22.9 Å². The first-order valence-electron chi connectivity index (χ1n) is 8.58. The number of hydrogen-bond acceptors (Lipinski definition) is 5. The van der Waals surface area contributed by atoms with Crippen LogP contribution in [0.1, 0.15) is 26.3 Å². The van der Waals surface area contributed by atoms with Crippen LogP contribution in [0.5, 0.6) is 5.75 Å². The first-order chi connectivity index (χ1) is 12.6. The van der Waals surface area contributed by atoms with Crippen LogP contribution in [0.4, 0.5) is 0 Å². The van der Waals surface area contributed by atoms with E-state index in [-0.39, 0.29) is 18.1 Å². The van der Waals surface area contributed by atoms with Gasteiger partial charge in [-0.1, -0.05) is 26.0 Å². The molecule has 8 nitrogen and oxygen atoms in total. The number of hydrogen-bond donors (Lipinski definition) is 4. The highest BCUT2D eigenvalue weighted by molar-refractivity contribution is 5.92. The number of phenols is 1. The third-order valence-electron chi connectivity index (χ3n) is 3.81. The van der Waals surface area contributed by atoms with E-state index in [1.807, 2.05) is 0 Å². The van der Waals surface area contributed by atoms with E-state index in [0.29, 0.717) is 6.29 Å². The van der Waals surface area contributed by atoms with Crippen LogP contribution in [-0.2, 0) is 25.6 Å². The Kier molecular flexibility index (Phi) is 8.44. The molecule has 0 saturated heterocycles. The highest BCUT2D eigenvalue weighted by atomic mass is 16.3. The van der Waals surface area contributed by atoms with Crippen molar-refractivity contribution in [1.29, 1.82) is 0 Å². The lowest BCUT2D eigenvalue weighted by molar-refractivity contribution is -0.133. The summed E-state index contributed by atoms with van der Waals surface area (Å²) in [7, 11) is 0. The van der Waals surface area contributed by atoms with Gasteiger partial charge in [0, 0.05) is 13.3 Å². The third kappa shape index (κ3) is 7.47. The molecule has 0 heterocycles. The maximum absolute atomic E-state index is 12.7. The molecule has 0 unspecified atom stereocenters. The summed E-state index contributed by atoms with van der Waals surface area (Å²) in [5, 5.41) is 16.9. The quantitative estimate of drug-likeness (QED) is 0.455. The molecular weight excluding hydrogens is 350 g/mol. The molecule has 0 aliphatic heterocycles. The van der Waals surface area contributed by atoms with Gasteiger partial charge in [0.05, 0.1) is 6.04 Å². The Balaban J connectivity index is 2.91. The van der Waals surface area contributed by atoms with E-state index in [0.717, 1.165) is 5.56 Å². The predicted molar refractivity (Wildman–Crippen MR) is 99.5 cm³/mol. The molecule has 3 atom stereocenters. The van der Waals surface area contributed by atoms with Crippen LogP contribution in [0.3, 0.4) is 0 Å². The van der Waals surface area contributed by atoms with Crippen molar-refractivity contribution in [3.63, 3.8) is 0 Å². The van der Waals surface area contributed by atoms with Crippen molar-refractivity contribution in [2.45, 2.75) is 45.3 Å². The van der Waals surface area contributed by atoms with Crippen molar-refractivity contribution in [3.8, 4) is 5.75 Å². The second-order valence-corrected chi connectivity index (χ2v) is 6.61. The zero-order valence-corrected chi connectivity index (χ0v) is 15.7. The lowest BCUT2D eigenvalue weighted by Gasteiger charge is -2.25. The predicted octanol–water partition coefficient (Wildman–Crippen LogP) is 0.0980. The fourth-order valence-electron chi connectivity index (χ4n) is 2.42. The van der Waals surface area contributed by atoms with Gasteiger partial charge in [0.2, 0.25) is 17.7 Å². The summed E-state index contributed by atoms with van der Waals surface area (Å²) in [4.78, 5) is 47.1. The first kappa shape index (κ1) is 22.1. The largest absolute Gasteiger partial charge is 0.508 e. The molecule has 1 aromatic rings. The highest BCUT2D eigenvalue weighted by Crippen LogP contribution is 2.12. The Bertz CT molecular complexity index is 672. The van der Waals surface area contributed by atoms with Crippen LogP contribution < -0.4 is 16.0 Å². The number of carbonyl (C=O) groups excluding carboxylic acids is 4. The minimum absolute atomic E-state index is 0.0914. The van der Waals surface area contributed by atoms with Gasteiger partial charge in [0.15, 0.2) is 0 Å². The number of nitrogens with one attached hydrogen (secondary N) is 3. The molecule has 1 radical (unpaired) electrons. The number of phenolic OH excluding ortho intramolecular Hbond substituents is 1. The standard InChI is InChI=1S/C19H26N3O5/c1-11(2)17(19(27)20-12(3)10-23)22-18(26)16(21-13(4)24)9-14-5-7-15(25)8-6-14/h5-8,10-12,16-17,25H,3,9H2,1-2,4H3,(H,20,27)(H,21,24)(H,22,26)/t12-,16-,17-/m0/s1. The van der Waals surface area contributed by atoms with Gasteiger partial charge in [-0.3, -0.25) is 14.4 Å². The molecular formula is C19H26N3O5. The molecule has 27 heavy (non-hydrogen) atoms. The van der Waals surface area contributed by atoms with E-state index >= 15 is 0 Å². The normalized spacial score (nSPS) is 14.0. The molecule has 0 fully saturated rings. The molecule has 4 N–H and O–H groups in total. The summed E-state index contributed by atoms with van der Waals surface area (Å²) < 4.78 is 0. The van der Waals surface area contributed by atoms with E-state index in [9.17, 15) is 24.3 Å². The summed E-state index contributed by atoms with van der Waals surface area (Å²) in [5.74, 6) is -1.61. The van der Waals surface area contributed by atoms with Gasteiger partial charge in [-0.25, -0.2) is 0 Å². The van der Waals surface area contributed by atoms with Crippen LogP contribution >= 0.6 is 0 Å². The number of aromatic hydroxyl groups is 1. The smallest absolute Gasteiger partial charge is 0.243 e. The molecule has 8 heteroatoms. The Morgan fingerprint density at radius 1 is 1.07 bits per heavy atom. The molecule has 3 amide bonds. The topological polar surface area (TPSA) is 125 Å². The monoisotopic (exact) mass is 376 g/mol. The second kappa shape index (κ2) is 10.3. The maximum Gasteiger partial charge on any atom is 0.243 e. The Morgan fingerprint density at radius 2 is 1.67 bits per heavy atom. The molecule has 0 saturated carbocycles. The SMILES string of the molecule is [CH2][C@@H](C=O)NC(=O)[C@@H](NC(=O)[C@H](Cc1ccc(O)cc1)NC(C)=O)C(C)C. The minimum Gasteiger partial charge on any atom is -0.508 e. The van der Waals surface area contributed by atoms with Crippen molar-refractivity contribution in [3.05, 3.63) is 36.8 Å². The van der Waals surface area contributed by atoms with Gasteiger partial charge in [0.25, 0.3) is 0 Å². The summed E-state index contributed by atoms with van der Waals surface area (Å²) >= 11 is 0. The average Bonchev–Trinajstić information content (AvgIpc) is 2.59. The molecule has 0 aliphatic carbocycles. The first-order valence-corrected chi connectivity index (χ1v) is 8.58. The lowest BCUT2D eigenvalue weighted by Crippen LogP contribution is -2.56. The average molecular weight is 376 g/mol. The molecule has 0 spiro atoms. The third-order valence-corrected chi connectivity index (χ3v) is 3.81.